The molecule has 9 heteroatoms. The minimum atomic E-state index is -1.39. The first-order chi connectivity index (χ1) is 9.97. The summed E-state index contributed by atoms with van der Waals surface area (Å²) in [6.07, 6.45) is 4.08. The predicted molar refractivity (Wildman–Crippen MR) is 71.9 cm³/mol. The Labute approximate surface area is 118 Å². The molecule has 0 saturated carbocycles. The van der Waals surface area contributed by atoms with Crippen molar-refractivity contribution in [2.75, 3.05) is 5.32 Å². The molecule has 9 nitrogen and oxygen atoms in total. The van der Waals surface area contributed by atoms with Crippen molar-refractivity contribution in [2.45, 2.75) is 13.5 Å². The van der Waals surface area contributed by atoms with Crippen LogP contribution in [0.1, 0.15) is 21.7 Å². The van der Waals surface area contributed by atoms with E-state index in [1.807, 2.05) is 0 Å². The van der Waals surface area contributed by atoms with Crippen LogP contribution in [0.2, 0.25) is 0 Å². The fourth-order valence-corrected chi connectivity index (χ4v) is 1.55. The van der Waals surface area contributed by atoms with Gasteiger partial charge in [0.1, 0.15) is 17.6 Å². The second-order valence-electron chi connectivity index (χ2n) is 4.15. The van der Waals surface area contributed by atoms with Crippen LogP contribution < -0.4 is 5.32 Å². The number of carbonyl (C=O) groups is 1. The number of carboxylic acid groups (broad SMARTS) is 1. The van der Waals surface area contributed by atoms with E-state index in [1.54, 1.807) is 19.3 Å². The lowest BCUT2D eigenvalue weighted by Gasteiger charge is -2.06. The molecule has 0 saturated heterocycles. The Morgan fingerprint density at radius 1 is 1.33 bits per heavy atom. The number of anilines is 1. The van der Waals surface area contributed by atoms with Gasteiger partial charge in [0.25, 0.3) is 0 Å². The first kappa shape index (κ1) is 14.3. The molecule has 2 rings (SSSR count). The summed E-state index contributed by atoms with van der Waals surface area (Å²) in [5.41, 5.74) is 0.439. The number of nitrogens with zero attached hydrogens (tertiary/aromatic N) is 4. The van der Waals surface area contributed by atoms with Crippen LogP contribution in [-0.4, -0.2) is 31.0 Å². The maximum absolute atomic E-state index is 11.0. The highest BCUT2D eigenvalue weighted by Gasteiger charge is 2.20. The van der Waals surface area contributed by atoms with Crippen LogP contribution in [0.25, 0.3) is 0 Å². The number of carboxylic acids is 1. The Morgan fingerprint density at radius 2 is 2.10 bits per heavy atom. The van der Waals surface area contributed by atoms with Gasteiger partial charge < -0.3 is 10.4 Å². The number of hydrogen-bond donors (Lipinski definition) is 2. The number of aryl methyl sites for hydroxylation is 1. The first-order valence-electron chi connectivity index (χ1n) is 5.86. The number of hydrogen-bond acceptors (Lipinski definition) is 7. The summed E-state index contributed by atoms with van der Waals surface area (Å²) in [6.45, 7) is 2.08. The van der Waals surface area contributed by atoms with E-state index in [0.717, 1.165) is 18.0 Å². The van der Waals surface area contributed by atoms with Gasteiger partial charge in [-0.25, -0.2) is 9.78 Å². The van der Waals surface area contributed by atoms with Gasteiger partial charge in [0, 0.05) is 12.3 Å². The van der Waals surface area contributed by atoms with Crippen molar-refractivity contribution in [3.05, 3.63) is 51.7 Å². The van der Waals surface area contributed by atoms with Crippen LogP contribution in [0.15, 0.2) is 24.7 Å². The third-order valence-corrected chi connectivity index (χ3v) is 2.60. The van der Waals surface area contributed by atoms with Gasteiger partial charge in [0.2, 0.25) is 0 Å². The molecule has 2 heterocycles. The third-order valence-electron chi connectivity index (χ3n) is 2.60. The minimum Gasteiger partial charge on any atom is -0.477 e. The largest absolute Gasteiger partial charge is 0.477 e. The summed E-state index contributed by atoms with van der Waals surface area (Å²) >= 11 is 0. The van der Waals surface area contributed by atoms with E-state index in [4.69, 9.17) is 5.11 Å². The molecule has 0 aromatic carbocycles. The van der Waals surface area contributed by atoms with Crippen LogP contribution in [-0.2, 0) is 6.54 Å². The fraction of sp³-hybridized carbons (Fsp3) is 0.167. The SMILES string of the molecule is Cc1cnc(CNc2cc(C(=O)O)c([N+](=O)[O-])cn2)cn1. The minimum absolute atomic E-state index is 0.209. The highest BCUT2D eigenvalue weighted by molar-refractivity contribution is 5.93. The highest BCUT2D eigenvalue weighted by Crippen LogP contribution is 2.20. The van der Waals surface area contributed by atoms with Crippen molar-refractivity contribution in [2.24, 2.45) is 0 Å². The smallest absolute Gasteiger partial charge is 0.342 e. The lowest BCUT2D eigenvalue weighted by atomic mass is 10.2. The number of nitrogens with one attached hydrogen (secondary N) is 1. The maximum Gasteiger partial charge on any atom is 0.342 e. The average Bonchev–Trinajstić information content (AvgIpc) is 2.46. The molecule has 0 fully saturated rings. The molecule has 0 unspecified atom stereocenters. The second kappa shape index (κ2) is 5.90. The molecule has 0 amide bonds. The van der Waals surface area contributed by atoms with Gasteiger partial charge in [-0.3, -0.25) is 20.1 Å². The van der Waals surface area contributed by atoms with Gasteiger partial charge in [-0.15, -0.1) is 0 Å². The molecule has 108 valence electrons. The second-order valence-corrected chi connectivity index (χ2v) is 4.15. The van der Waals surface area contributed by atoms with E-state index < -0.39 is 22.1 Å². The van der Waals surface area contributed by atoms with Gasteiger partial charge in [-0.05, 0) is 6.92 Å². The lowest BCUT2D eigenvalue weighted by molar-refractivity contribution is -0.385. The molecule has 0 atom stereocenters. The van der Waals surface area contributed by atoms with Crippen molar-refractivity contribution in [1.82, 2.24) is 15.0 Å². The molecule has 2 aromatic rings. The van der Waals surface area contributed by atoms with E-state index in [0.29, 0.717) is 5.69 Å². The number of rotatable bonds is 5. The molecule has 0 radical (unpaired) electrons. The maximum atomic E-state index is 11.0. The monoisotopic (exact) mass is 289 g/mol. The summed E-state index contributed by atoms with van der Waals surface area (Å²) in [7, 11) is 0. The molecule has 0 aliphatic heterocycles. The van der Waals surface area contributed by atoms with E-state index in [-0.39, 0.29) is 12.4 Å². The average molecular weight is 289 g/mol. The fourth-order valence-electron chi connectivity index (χ4n) is 1.55. The van der Waals surface area contributed by atoms with E-state index in [1.165, 1.54) is 0 Å². The van der Waals surface area contributed by atoms with E-state index in [2.05, 4.69) is 20.3 Å². The zero-order valence-electron chi connectivity index (χ0n) is 11.0. The topological polar surface area (TPSA) is 131 Å². The summed E-state index contributed by atoms with van der Waals surface area (Å²) < 4.78 is 0. The summed E-state index contributed by atoms with van der Waals surface area (Å²) in [5, 5.41) is 22.5. The van der Waals surface area contributed by atoms with E-state index >= 15 is 0 Å². The predicted octanol–water partition coefficient (Wildman–Crippen LogP) is 1.40. The number of pyridine rings is 1. The number of aromatic carboxylic acids is 1. The van der Waals surface area contributed by atoms with Gasteiger partial charge in [0.15, 0.2) is 0 Å². The first-order valence-corrected chi connectivity index (χ1v) is 5.86. The molecule has 0 spiro atoms. The Hall–Kier alpha value is -3.10. The van der Waals surface area contributed by atoms with Gasteiger partial charge in [0.05, 0.1) is 29.1 Å². The quantitative estimate of drug-likeness (QED) is 0.623. The standard InChI is InChI=1S/C12H11N5O4/c1-7-3-14-8(4-13-7)5-15-11-2-9(12(18)19)10(6-16-11)17(20)21/h2-4,6H,5H2,1H3,(H,15,16)(H,18,19). The van der Waals surface area contributed by atoms with Crippen molar-refractivity contribution >= 4 is 17.5 Å². The van der Waals surface area contributed by atoms with Crippen molar-refractivity contribution in [1.29, 1.82) is 0 Å². The zero-order valence-corrected chi connectivity index (χ0v) is 11.0. The third kappa shape index (κ3) is 3.47. The van der Waals surface area contributed by atoms with Gasteiger partial charge >= 0.3 is 11.7 Å². The molecule has 2 N–H and O–H groups in total. The summed E-state index contributed by atoms with van der Waals surface area (Å²) in [5.74, 6) is -1.18. The van der Waals surface area contributed by atoms with E-state index in [9.17, 15) is 14.9 Å². The van der Waals surface area contributed by atoms with Crippen LogP contribution in [0.4, 0.5) is 11.5 Å². The highest BCUT2D eigenvalue weighted by atomic mass is 16.6. The lowest BCUT2D eigenvalue weighted by Crippen LogP contribution is -2.08. The molecular formula is C12H11N5O4. The summed E-state index contributed by atoms with van der Waals surface area (Å²) in [6, 6.07) is 1.11. The molecular weight excluding hydrogens is 278 g/mol. The Kier molecular flexibility index (Phi) is 4.02. The zero-order chi connectivity index (χ0) is 15.4. The van der Waals surface area contributed by atoms with Crippen molar-refractivity contribution in [3.63, 3.8) is 0 Å². The molecule has 21 heavy (non-hydrogen) atoms. The van der Waals surface area contributed by atoms with Crippen LogP contribution in [0.3, 0.4) is 0 Å². The number of aromatic nitrogens is 3. The Morgan fingerprint density at radius 3 is 2.67 bits per heavy atom. The van der Waals surface area contributed by atoms with Gasteiger partial charge in [-0.1, -0.05) is 0 Å². The van der Waals surface area contributed by atoms with Crippen molar-refractivity contribution in [3.8, 4) is 0 Å². The molecule has 0 aliphatic carbocycles. The molecule has 2 aromatic heterocycles. The van der Waals surface area contributed by atoms with Crippen LogP contribution in [0, 0.1) is 17.0 Å². The van der Waals surface area contributed by atoms with Crippen LogP contribution >= 0.6 is 0 Å². The Bertz CT molecular complexity index is 687. The molecule has 0 bridgehead atoms. The normalized spacial score (nSPS) is 10.1. The number of nitro groups is 1. The van der Waals surface area contributed by atoms with Crippen LogP contribution in [0.5, 0.6) is 0 Å². The van der Waals surface area contributed by atoms with Gasteiger partial charge in [-0.2, -0.15) is 0 Å². The summed E-state index contributed by atoms with van der Waals surface area (Å²) in [4.78, 5) is 32.9. The van der Waals surface area contributed by atoms with Crippen molar-refractivity contribution < 1.29 is 14.8 Å². The Balaban J connectivity index is 2.17. The molecule has 0 aliphatic rings.